The van der Waals surface area contributed by atoms with Gasteiger partial charge in [-0.3, -0.25) is 4.79 Å². The first-order valence-electron chi connectivity index (χ1n) is 10.00. The number of hydrogen-bond acceptors (Lipinski definition) is 4. The lowest BCUT2D eigenvalue weighted by Gasteiger charge is -2.30. The van der Waals surface area contributed by atoms with Crippen LogP contribution in [0, 0.1) is 0 Å². The number of para-hydroxylation sites is 1. The number of carbonyl (C=O) groups excluding carboxylic acids is 1. The maximum absolute atomic E-state index is 12.8. The van der Waals surface area contributed by atoms with Crippen molar-refractivity contribution in [2.45, 2.75) is 25.2 Å². The number of aromatic nitrogens is 3. The molecule has 0 aliphatic carbocycles. The van der Waals surface area contributed by atoms with Gasteiger partial charge in [0.05, 0.1) is 6.42 Å². The molecule has 2 aromatic carbocycles. The highest BCUT2D eigenvalue weighted by Gasteiger charge is 2.28. The van der Waals surface area contributed by atoms with Crippen LogP contribution in [0.4, 0.5) is 0 Å². The van der Waals surface area contributed by atoms with Crippen LogP contribution in [0.25, 0.3) is 22.3 Å². The van der Waals surface area contributed by atoms with Gasteiger partial charge in [0.2, 0.25) is 17.6 Å². The third-order valence-electron chi connectivity index (χ3n) is 5.69. The Morgan fingerprint density at radius 3 is 2.66 bits per heavy atom. The molecule has 0 bridgehead atoms. The molecule has 5 rings (SSSR count). The number of aromatic amines is 1. The smallest absolute Gasteiger partial charge is 0.230 e. The van der Waals surface area contributed by atoms with Gasteiger partial charge < -0.3 is 14.4 Å². The highest BCUT2D eigenvalue weighted by Crippen LogP contribution is 2.29. The van der Waals surface area contributed by atoms with Crippen molar-refractivity contribution in [3.05, 3.63) is 72.2 Å². The Kier molecular flexibility index (Phi) is 4.60. The van der Waals surface area contributed by atoms with Crippen LogP contribution in [0.15, 0.2) is 65.3 Å². The molecule has 146 valence electrons. The normalized spacial score (nSPS) is 15.1. The number of likely N-dealkylation sites (tertiary alicyclic amines) is 1. The lowest BCUT2D eigenvalue weighted by Crippen LogP contribution is -2.38. The second-order valence-electron chi connectivity index (χ2n) is 7.51. The Morgan fingerprint density at radius 2 is 1.83 bits per heavy atom. The first-order valence-corrected chi connectivity index (χ1v) is 10.00. The molecule has 0 saturated carbocycles. The average molecular weight is 386 g/mol. The Morgan fingerprint density at radius 1 is 1.07 bits per heavy atom. The second-order valence-corrected chi connectivity index (χ2v) is 7.51. The van der Waals surface area contributed by atoms with Gasteiger partial charge in [-0.1, -0.05) is 53.7 Å². The van der Waals surface area contributed by atoms with Gasteiger partial charge in [-0.05, 0) is 24.5 Å². The molecule has 1 saturated heterocycles. The quantitative estimate of drug-likeness (QED) is 0.571. The zero-order valence-electron chi connectivity index (χ0n) is 16.0. The highest BCUT2D eigenvalue weighted by molar-refractivity contribution is 5.88. The standard InChI is InChI=1S/C23H22N4O2/c28-21(14-18-15-24-20-9-5-4-8-19(18)20)27-12-10-17(11-13-27)23-25-22(26-29-23)16-6-2-1-3-7-16/h1-9,15,17,24H,10-14H2. The van der Waals surface area contributed by atoms with Crippen LogP contribution >= 0.6 is 0 Å². The number of nitrogens with one attached hydrogen (secondary N) is 1. The zero-order valence-corrected chi connectivity index (χ0v) is 16.0. The molecule has 0 unspecified atom stereocenters. The number of amides is 1. The first-order chi connectivity index (χ1) is 14.3. The van der Waals surface area contributed by atoms with Gasteiger partial charge in [-0.2, -0.15) is 4.98 Å². The van der Waals surface area contributed by atoms with Crippen LogP contribution in [0.1, 0.15) is 30.2 Å². The van der Waals surface area contributed by atoms with E-state index in [2.05, 4.69) is 21.2 Å². The molecule has 1 amide bonds. The molecule has 29 heavy (non-hydrogen) atoms. The van der Waals surface area contributed by atoms with E-state index in [0.717, 1.165) is 48.0 Å². The van der Waals surface area contributed by atoms with Gasteiger partial charge in [0.25, 0.3) is 0 Å². The van der Waals surface area contributed by atoms with E-state index in [0.29, 0.717) is 18.1 Å². The van der Waals surface area contributed by atoms with E-state index < -0.39 is 0 Å². The van der Waals surface area contributed by atoms with Crippen LogP contribution in [-0.2, 0) is 11.2 Å². The van der Waals surface area contributed by atoms with Crippen molar-refractivity contribution < 1.29 is 9.32 Å². The van der Waals surface area contributed by atoms with Crippen molar-refractivity contribution in [1.82, 2.24) is 20.0 Å². The fourth-order valence-electron chi connectivity index (χ4n) is 4.03. The Labute approximate surface area is 168 Å². The van der Waals surface area contributed by atoms with E-state index in [1.807, 2.05) is 59.6 Å². The van der Waals surface area contributed by atoms with Crippen LogP contribution in [0.5, 0.6) is 0 Å². The molecule has 2 aromatic heterocycles. The fourth-order valence-corrected chi connectivity index (χ4v) is 4.03. The number of piperidine rings is 1. The zero-order chi connectivity index (χ0) is 19.6. The van der Waals surface area contributed by atoms with E-state index >= 15 is 0 Å². The predicted octanol–water partition coefficient (Wildman–Crippen LogP) is 4.17. The van der Waals surface area contributed by atoms with Gasteiger partial charge >= 0.3 is 0 Å². The van der Waals surface area contributed by atoms with Gasteiger partial charge in [-0.25, -0.2) is 0 Å². The van der Waals surface area contributed by atoms with Gasteiger partial charge in [0.15, 0.2) is 0 Å². The molecule has 0 spiro atoms. The summed E-state index contributed by atoms with van der Waals surface area (Å²) in [5.74, 6) is 1.67. The lowest BCUT2D eigenvalue weighted by molar-refractivity contribution is -0.131. The SMILES string of the molecule is O=C(Cc1c[nH]c2ccccc12)N1CCC(c2nc(-c3ccccc3)no2)CC1. The molecule has 1 aliphatic rings. The van der Waals surface area contributed by atoms with Crippen LogP contribution in [-0.4, -0.2) is 39.0 Å². The maximum Gasteiger partial charge on any atom is 0.230 e. The second kappa shape index (κ2) is 7.54. The highest BCUT2D eigenvalue weighted by atomic mass is 16.5. The van der Waals surface area contributed by atoms with Crippen LogP contribution in [0.3, 0.4) is 0 Å². The lowest BCUT2D eigenvalue weighted by atomic mass is 9.96. The van der Waals surface area contributed by atoms with E-state index in [4.69, 9.17) is 4.52 Å². The summed E-state index contributed by atoms with van der Waals surface area (Å²) in [6, 6.07) is 17.9. The predicted molar refractivity (Wildman–Crippen MR) is 110 cm³/mol. The van der Waals surface area contributed by atoms with Crippen molar-refractivity contribution in [1.29, 1.82) is 0 Å². The summed E-state index contributed by atoms with van der Waals surface area (Å²) in [5, 5.41) is 5.24. The number of rotatable bonds is 4. The summed E-state index contributed by atoms with van der Waals surface area (Å²) >= 11 is 0. The molecule has 3 heterocycles. The third kappa shape index (κ3) is 3.53. The molecule has 1 N–H and O–H groups in total. The van der Waals surface area contributed by atoms with E-state index in [-0.39, 0.29) is 11.8 Å². The Hall–Kier alpha value is -3.41. The van der Waals surface area contributed by atoms with Crippen molar-refractivity contribution >= 4 is 16.8 Å². The molecule has 1 aliphatic heterocycles. The van der Waals surface area contributed by atoms with Gasteiger partial charge in [0.1, 0.15) is 0 Å². The first kappa shape index (κ1) is 17.7. The van der Waals surface area contributed by atoms with E-state index in [1.165, 1.54) is 0 Å². The number of nitrogens with zero attached hydrogens (tertiary/aromatic N) is 3. The van der Waals surface area contributed by atoms with Crippen molar-refractivity contribution in [3.8, 4) is 11.4 Å². The van der Waals surface area contributed by atoms with Gasteiger partial charge in [-0.15, -0.1) is 0 Å². The molecule has 4 aromatic rings. The molecule has 6 nitrogen and oxygen atoms in total. The number of benzene rings is 2. The topological polar surface area (TPSA) is 75.0 Å². The van der Waals surface area contributed by atoms with E-state index in [1.54, 1.807) is 0 Å². The number of hydrogen-bond donors (Lipinski definition) is 1. The minimum atomic E-state index is 0.170. The van der Waals surface area contributed by atoms with Crippen molar-refractivity contribution in [2.75, 3.05) is 13.1 Å². The van der Waals surface area contributed by atoms with Crippen molar-refractivity contribution in [3.63, 3.8) is 0 Å². The molecular formula is C23H22N4O2. The number of fused-ring (bicyclic) bond motifs is 1. The minimum Gasteiger partial charge on any atom is -0.361 e. The maximum atomic E-state index is 12.8. The summed E-state index contributed by atoms with van der Waals surface area (Å²) in [7, 11) is 0. The number of H-pyrrole nitrogens is 1. The summed E-state index contributed by atoms with van der Waals surface area (Å²) < 4.78 is 5.52. The minimum absolute atomic E-state index is 0.170. The van der Waals surface area contributed by atoms with Gasteiger partial charge in [0, 0.05) is 41.7 Å². The molecule has 0 atom stereocenters. The summed E-state index contributed by atoms with van der Waals surface area (Å²) in [6.45, 7) is 1.43. The summed E-state index contributed by atoms with van der Waals surface area (Å²) in [5.41, 5.74) is 3.07. The van der Waals surface area contributed by atoms with Crippen LogP contribution in [0.2, 0.25) is 0 Å². The Balaban J connectivity index is 1.21. The molecular weight excluding hydrogens is 364 g/mol. The molecule has 0 radical (unpaired) electrons. The molecule has 1 fully saturated rings. The van der Waals surface area contributed by atoms with E-state index in [9.17, 15) is 4.79 Å². The average Bonchev–Trinajstić information content (AvgIpc) is 3.43. The van der Waals surface area contributed by atoms with Crippen molar-refractivity contribution in [2.24, 2.45) is 0 Å². The third-order valence-corrected chi connectivity index (χ3v) is 5.69. The number of carbonyl (C=O) groups is 1. The fraction of sp³-hybridized carbons (Fsp3) is 0.261. The summed E-state index contributed by atoms with van der Waals surface area (Å²) in [4.78, 5) is 22.6. The summed E-state index contributed by atoms with van der Waals surface area (Å²) in [6.07, 6.45) is 4.05. The monoisotopic (exact) mass is 386 g/mol. The molecule has 6 heteroatoms. The Bertz CT molecular complexity index is 1120. The largest absolute Gasteiger partial charge is 0.361 e. The van der Waals surface area contributed by atoms with Crippen LogP contribution < -0.4 is 0 Å².